The van der Waals surface area contributed by atoms with E-state index in [1.54, 1.807) is 0 Å². The summed E-state index contributed by atoms with van der Waals surface area (Å²) in [6, 6.07) is 6.04. The van der Waals surface area contributed by atoms with E-state index in [2.05, 4.69) is 39.1 Å². The van der Waals surface area contributed by atoms with Crippen molar-refractivity contribution in [2.24, 2.45) is 0 Å². The first-order chi connectivity index (χ1) is 7.69. The first-order valence-corrected chi connectivity index (χ1v) is 6.36. The fraction of sp³-hybridized carbons (Fsp3) is 0.417. The molecule has 0 aromatic heterocycles. The highest BCUT2D eigenvalue weighted by molar-refractivity contribution is 9.10. The molecule has 1 saturated carbocycles. The molecule has 3 rings (SSSR count). The van der Waals surface area contributed by atoms with Crippen LogP contribution in [0.4, 0.5) is 11.4 Å². The average molecular weight is 281 g/mol. The normalized spacial score (nSPS) is 20.6. The number of nitrogens with zero attached hydrogens (tertiary/aromatic N) is 1. The second-order valence-corrected chi connectivity index (χ2v) is 5.22. The number of hydrogen-bond donors (Lipinski definition) is 1. The van der Waals surface area contributed by atoms with Crippen LogP contribution in [-0.2, 0) is 4.79 Å². The van der Waals surface area contributed by atoms with Crippen molar-refractivity contribution in [3.05, 3.63) is 22.7 Å². The molecule has 0 saturated heterocycles. The Bertz CT molecular complexity index is 468. The van der Waals surface area contributed by atoms with Gasteiger partial charge in [0.2, 0.25) is 5.91 Å². The Kier molecular flexibility index (Phi) is 2.05. The van der Waals surface area contributed by atoms with Crippen LogP contribution in [0.25, 0.3) is 0 Å². The van der Waals surface area contributed by atoms with Gasteiger partial charge in [0.05, 0.1) is 11.4 Å². The van der Waals surface area contributed by atoms with Crippen LogP contribution in [0.15, 0.2) is 22.7 Å². The van der Waals surface area contributed by atoms with Crippen LogP contribution >= 0.6 is 15.9 Å². The molecule has 0 bridgehead atoms. The number of anilines is 2. The highest BCUT2D eigenvalue weighted by Crippen LogP contribution is 2.51. The van der Waals surface area contributed by atoms with Gasteiger partial charge in [-0.1, -0.05) is 6.07 Å². The second-order valence-electron chi connectivity index (χ2n) is 4.36. The molecule has 16 heavy (non-hydrogen) atoms. The average Bonchev–Trinajstić information content (AvgIpc) is 3.04. The Labute approximate surface area is 103 Å². The second kappa shape index (κ2) is 3.23. The molecule has 1 aliphatic heterocycles. The van der Waals surface area contributed by atoms with Gasteiger partial charge in [-0.25, -0.2) is 0 Å². The standard InChI is InChI=1S/C12H13BrN2O/c1-2-15-9-5-3-4-8(13)10(9)14-11(16)12(15)6-7-12/h3-5H,2,6-7H2,1H3,(H,14,16). The van der Waals surface area contributed by atoms with E-state index in [-0.39, 0.29) is 11.4 Å². The van der Waals surface area contributed by atoms with Gasteiger partial charge in [0.1, 0.15) is 5.54 Å². The lowest BCUT2D eigenvalue weighted by atomic mass is 10.1. The summed E-state index contributed by atoms with van der Waals surface area (Å²) in [6.07, 6.45) is 1.94. The zero-order valence-electron chi connectivity index (χ0n) is 9.09. The Morgan fingerprint density at radius 1 is 1.50 bits per heavy atom. The van der Waals surface area contributed by atoms with Crippen LogP contribution in [0, 0.1) is 0 Å². The smallest absolute Gasteiger partial charge is 0.250 e. The molecule has 4 heteroatoms. The first kappa shape index (κ1) is 10.1. The summed E-state index contributed by atoms with van der Waals surface area (Å²) in [7, 11) is 0. The molecule has 1 heterocycles. The Hall–Kier alpha value is -1.03. The van der Waals surface area contributed by atoms with Gasteiger partial charge in [0, 0.05) is 11.0 Å². The van der Waals surface area contributed by atoms with Crippen LogP contribution in [0.3, 0.4) is 0 Å². The Balaban J connectivity index is 2.17. The molecule has 2 aliphatic rings. The van der Waals surface area contributed by atoms with Crippen molar-refractivity contribution in [3.8, 4) is 0 Å². The molecular weight excluding hydrogens is 268 g/mol. The lowest BCUT2D eigenvalue weighted by Gasteiger charge is -2.38. The summed E-state index contributed by atoms with van der Waals surface area (Å²) >= 11 is 3.48. The Morgan fingerprint density at radius 3 is 2.88 bits per heavy atom. The van der Waals surface area contributed by atoms with Crippen molar-refractivity contribution in [2.75, 3.05) is 16.8 Å². The quantitative estimate of drug-likeness (QED) is 0.858. The van der Waals surface area contributed by atoms with Gasteiger partial charge in [-0.05, 0) is 47.8 Å². The van der Waals surface area contributed by atoms with E-state index in [1.807, 2.05) is 12.1 Å². The molecule has 3 nitrogen and oxygen atoms in total. The van der Waals surface area contributed by atoms with Gasteiger partial charge < -0.3 is 10.2 Å². The molecule has 1 aromatic rings. The van der Waals surface area contributed by atoms with Gasteiger partial charge in [0.25, 0.3) is 0 Å². The fourth-order valence-electron chi connectivity index (χ4n) is 2.53. The van der Waals surface area contributed by atoms with E-state index < -0.39 is 0 Å². The zero-order valence-corrected chi connectivity index (χ0v) is 10.7. The van der Waals surface area contributed by atoms with E-state index in [4.69, 9.17) is 0 Å². The third-order valence-electron chi connectivity index (χ3n) is 3.50. The number of carbonyl (C=O) groups excluding carboxylic acids is 1. The van der Waals surface area contributed by atoms with Gasteiger partial charge >= 0.3 is 0 Å². The monoisotopic (exact) mass is 280 g/mol. The summed E-state index contributed by atoms with van der Waals surface area (Å²) < 4.78 is 0.951. The molecular formula is C12H13BrN2O. The molecule has 0 atom stereocenters. The molecule has 1 amide bonds. The first-order valence-electron chi connectivity index (χ1n) is 5.56. The maximum Gasteiger partial charge on any atom is 0.250 e. The summed E-state index contributed by atoms with van der Waals surface area (Å²) in [5.41, 5.74) is 1.79. The topological polar surface area (TPSA) is 32.3 Å². The third-order valence-corrected chi connectivity index (χ3v) is 4.16. The number of nitrogens with one attached hydrogen (secondary N) is 1. The predicted octanol–water partition coefficient (Wildman–Crippen LogP) is 2.76. The van der Waals surface area contributed by atoms with E-state index >= 15 is 0 Å². The van der Waals surface area contributed by atoms with Crippen LogP contribution in [0.2, 0.25) is 0 Å². The van der Waals surface area contributed by atoms with E-state index in [0.29, 0.717) is 0 Å². The highest BCUT2D eigenvalue weighted by atomic mass is 79.9. The molecule has 1 fully saturated rings. The molecule has 1 aromatic carbocycles. The minimum Gasteiger partial charge on any atom is -0.356 e. The SMILES string of the molecule is CCN1c2cccc(Br)c2NC(=O)C12CC2. The lowest BCUT2D eigenvalue weighted by Crippen LogP contribution is -2.50. The van der Waals surface area contributed by atoms with Crippen molar-refractivity contribution in [2.45, 2.75) is 25.3 Å². The Morgan fingerprint density at radius 2 is 2.25 bits per heavy atom. The number of hydrogen-bond acceptors (Lipinski definition) is 2. The van der Waals surface area contributed by atoms with E-state index in [9.17, 15) is 4.79 Å². The largest absolute Gasteiger partial charge is 0.356 e. The van der Waals surface area contributed by atoms with E-state index in [0.717, 1.165) is 35.2 Å². The fourth-order valence-corrected chi connectivity index (χ4v) is 2.99. The molecule has 1 aliphatic carbocycles. The maximum atomic E-state index is 12.1. The van der Waals surface area contributed by atoms with Crippen LogP contribution in [0.5, 0.6) is 0 Å². The van der Waals surface area contributed by atoms with Gasteiger partial charge in [0.15, 0.2) is 0 Å². The number of fused-ring (bicyclic) bond motifs is 1. The van der Waals surface area contributed by atoms with Crippen molar-refractivity contribution in [1.29, 1.82) is 0 Å². The predicted molar refractivity (Wildman–Crippen MR) is 67.8 cm³/mol. The number of halogens is 1. The van der Waals surface area contributed by atoms with Crippen molar-refractivity contribution in [3.63, 3.8) is 0 Å². The number of carbonyl (C=O) groups is 1. The number of rotatable bonds is 1. The summed E-state index contributed by atoms with van der Waals surface area (Å²) in [5, 5.41) is 3.02. The van der Waals surface area contributed by atoms with Crippen molar-refractivity contribution in [1.82, 2.24) is 0 Å². The van der Waals surface area contributed by atoms with Crippen molar-refractivity contribution >= 4 is 33.2 Å². The number of amides is 1. The lowest BCUT2D eigenvalue weighted by molar-refractivity contribution is -0.118. The van der Waals surface area contributed by atoms with Crippen LogP contribution < -0.4 is 10.2 Å². The van der Waals surface area contributed by atoms with Crippen LogP contribution in [0.1, 0.15) is 19.8 Å². The van der Waals surface area contributed by atoms with Gasteiger partial charge in [-0.15, -0.1) is 0 Å². The minimum absolute atomic E-state index is 0.147. The maximum absolute atomic E-state index is 12.1. The molecule has 1 N–H and O–H groups in total. The minimum atomic E-state index is -0.247. The molecule has 84 valence electrons. The molecule has 0 radical (unpaired) electrons. The number of para-hydroxylation sites is 1. The molecule has 0 unspecified atom stereocenters. The van der Waals surface area contributed by atoms with E-state index in [1.165, 1.54) is 0 Å². The number of likely N-dealkylation sites (N-methyl/N-ethyl adjacent to an activating group) is 1. The summed E-state index contributed by atoms with van der Waals surface area (Å²) in [5.74, 6) is 0.147. The van der Waals surface area contributed by atoms with Gasteiger partial charge in [-0.2, -0.15) is 0 Å². The zero-order chi connectivity index (χ0) is 11.3. The van der Waals surface area contributed by atoms with Crippen molar-refractivity contribution < 1.29 is 4.79 Å². The summed E-state index contributed by atoms with van der Waals surface area (Å²) in [4.78, 5) is 14.3. The van der Waals surface area contributed by atoms with Gasteiger partial charge in [-0.3, -0.25) is 4.79 Å². The number of benzene rings is 1. The van der Waals surface area contributed by atoms with Crippen LogP contribution in [-0.4, -0.2) is 18.0 Å². The summed E-state index contributed by atoms with van der Waals surface area (Å²) in [6.45, 7) is 2.97. The highest BCUT2D eigenvalue weighted by Gasteiger charge is 2.57. The molecule has 1 spiro atoms. The third kappa shape index (κ3) is 1.16.